The minimum absolute atomic E-state index is 0.0447. The number of nitrogens with one attached hydrogen (secondary N) is 1. The van der Waals surface area contributed by atoms with Crippen molar-refractivity contribution in [3.05, 3.63) is 60.1 Å². The Balaban J connectivity index is 1.79. The number of amides is 1. The van der Waals surface area contributed by atoms with Crippen molar-refractivity contribution in [2.45, 2.75) is 18.4 Å². The number of aliphatic hydroxyl groups is 1. The van der Waals surface area contributed by atoms with Gasteiger partial charge < -0.3 is 19.6 Å². The first-order chi connectivity index (χ1) is 11.2. The molecule has 2 heterocycles. The lowest BCUT2D eigenvalue weighted by Crippen LogP contribution is -2.47. The molecule has 0 saturated carbocycles. The minimum Gasteiger partial charge on any atom is -0.472 e. The Bertz CT molecular complexity index is 620. The number of carbonyl (C=O) groups excluding carboxylic acids is 1. The maximum Gasteiger partial charge on any atom is 0.254 e. The molecule has 1 aromatic heterocycles. The highest BCUT2D eigenvalue weighted by Gasteiger charge is 2.39. The van der Waals surface area contributed by atoms with Crippen molar-refractivity contribution in [3.63, 3.8) is 0 Å². The quantitative estimate of drug-likeness (QED) is 0.888. The van der Waals surface area contributed by atoms with Gasteiger partial charge in [0.05, 0.1) is 18.4 Å². The Hall–Kier alpha value is -2.11. The Labute approximate surface area is 135 Å². The summed E-state index contributed by atoms with van der Waals surface area (Å²) < 4.78 is 10.3. The van der Waals surface area contributed by atoms with Gasteiger partial charge in [0, 0.05) is 13.2 Å². The first-order valence-electron chi connectivity index (χ1n) is 7.86. The molecule has 2 aromatic rings. The highest BCUT2D eigenvalue weighted by molar-refractivity contribution is 5.93. The molecule has 3 rings (SSSR count). The van der Waals surface area contributed by atoms with Crippen LogP contribution >= 0.6 is 0 Å². The van der Waals surface area contributed by atoms with Gasteiger partial charge in [-0.25, -0.2) is 0 Å². The first kappa shape index (κ1) is 15.8. The van der Waals surface area contributed by atoms with Crippen LogP contribution in [0.15, 0.2) is 53.3 Å². The molecule has 5 heteroatoms. The lowest BCUT2D eigenvalue weighted by atomic mass is 9.77. The van der Waals surface area contributed by atoms with Gasteiger partial charge in [-0.1, -0.05) is 30.3 Å². The van der Waals surface area contributed by atoms with Gasteiger partial charge in [-0.05, 0) is 30.4 Å². The summed E-state index contributed by atoms with van der Waals surface area (Å²) in [6.45, 7) is 1.43. The van der Waals surface area contributed by atoms with Crippen molar-refractivity contribution < 1.29 is 19.1 Å². The van der Waals surface area contributed by atoms with Gasteiger partial charge in [-0.3, -0.25) is 4.79 Å². The van der Waals surface area contributed by atoms with Crippen LogP contribution in [0.3, 0.4) is 0 Å². The van der Waals surface area contributed by atoms with Crippen molar-refractivity contribution in [1.82, 2.24) is 5.32 Å². The Morgan fingerprint density at radius 1 is 1.22 bits per heavy atom. The number of hydrogen-bond donors (Lipinski definition) is 2. The Morgan fingerprint density at radius 3 is 2.61 bits per heavy atom. The Kier molecular flexibility index (Phi) is 4.79. The molecule has 122 valence electrons. The molecule has 23 heavy (non-hydrogen) atoms. The third kappa shape index (κ3) is 3.46. The summed E-state index contributed by atoms with van der Waals surface area (Å²) in [4.78, 5) is 12.2. The maximum atomic E-state index is 12.2. The molecular formula is C18H21NO4. The van der Waals surface area contributed by atoms with Crippen molar-refractivity contribution in [3.8, 4) is 0 Å². The average Bonchev–Trinajstić information content (AvgIpc) is 3.16. The zero-order valence-electron chi connectivity index (χ0n) is 12.9. The third-order valence-electron chi connectivity index (χ3n) is 4.47. The summed E-state index contributed by atoms with van der Waals surface area (Å²) in [5.41, 5.74) is 0.163. The number of benzene rings is 1. The summed E-state index contributed by atoms with van der Waals surface area (Å²) in [6, 6.07) is 11.1. The number of ether oxygens (including phenoxy) is 1. The smallest absolute Gasteiger partial charge is 0.254 e. The average molecular weight is 315 g/mol. The van der Waals surface area contributed by atoms with Crippen molar-refractivity contribution in [1.29, 1.82) is 0 Å². The summed E-state index contributed by atoms with van der Waals surface area (Å²) in [6.07, 6.45) is 4.39. The molecule has 1 saturated heterocycles. The van der Waals surface area contributed by atoms with Gasteiger partial charge in [0.1, 0.15) is 11.9 Å². The van der Waals surface area contributed by atoms with Gasteiger partial charge in [0.15, 0.2) is 0 Å². The van der Waals surface area contributed by atoms with Crippen molar-refractivity contribution in [2.24, 2.45) is 5.92 Å². The zero-order valence-corrected chi connectivity index (χ0v) is 12.9. The summed E-state index contributed by atoms with van der Waals surface area (Å²) in [5.74, 6) is -0.205. The second-order valence-corrected chi connectivity index (χ2v) is 5.87. The molecule has 1 amide bonds. The molecule has 1 atom stereocenters. The van der Waals surface area contributed by atoms with E-state index in [2.05, 4.69) is 5.32 Å². The van der Waals surface area contributed by atoms with Gasteiger partial charge in [-0.15, -0.1) is 0 Å². The largest absolute Gasteiger partial charge is 0.472 e. The molecule has 1 fully saturated rings. The van der Waals surface area contributed by atoms with Gasteiger partial charge in [0.2, 0.25) is 0 Å². The van der Waals surface area contributed by atoms with E-state index in [-0.39, 0.29) is 18.4 Å². The van der Waals surface area contributed by atoms with E-state index in [0.717, 1.165) is 18.4 Å². The standard InChI is InChI=1S/C18H21NO4/c20-17(14-6-9-23-12-14)19-13-18(21,15-4-2-1-3-5-15)16-7-10-22-11-8-16/h1-6,9,12,16,21H,7-8,10-11,13H2,(H,19,20)/t18-/m1/s1. The molecule has 1 aromatic carbocycles. The molecule has 0 aliphatic carbocycles. The van der Waals surface area contributed by atoms with Crippen LogP contribution < -0.4 is 5.32 Å². The van der Waals surface area contributed by atoms with E-state index in [1.807, 2.05) is 30.3 Å². The molecule has 0 bridgehead atoms. The zero-order chi connectivity index (χ0) is 16.1. The third-order valence-corrected chi connectivity index (χ3v) is 4.47. The molecular weight excluding hydrogens is 294 g/mol. The van der Waals surface area contributed by atoms with Gasteiger partial charge in [0.25, 0.3) is 5.91 Å². The second-order valence-electron chi connectivity index (χ2n) is 5.87. The van der Waals surface area contributed by atoms with E-state index in [1.54, 1.807) is 6.07 Å². The van der Waals surface area contributed by atoms with Crippen LogP contribution in [-0.2, 0) is 10.3 Å². The summed E-state index contributed by atoms with van der Waals surface area (Å²) in [7, 11) is 0. The van der Waals surface area contributed by atoms with E-state index < -0.39 is 5.60 Å². The number of carbonyl (C=O) groups is 1. The van der Waals surface area contributed by atoms with Gasteiger partial charge in [-0.2, -0.15) is 0 Å². The van der Waals surface area contributed by atoms with Crippen LogP contribution in [0.2, 0.25) is 0 Å². The molecule has 0 unspecified atom stereocenters. The molecule has 1 aliphatic rings. The molecule has 0 spiro atoms. The molecule has 5 nitrogen and oxygen atoms in total. The van der Waals surface area contributed by atoms with Crippen molar-refractivity contribution >= 4 is 5.91 Å². The minimum atomic E-state index is -1.11. The maximum absolute atomic E-state index is 12.2. The van der Waals surface area contributed by atoms with Gasteiger partial charge >= 0.3 is 0 Å². The van der Waals surface area contributed by atoms with Crippen LogP contribution in [0.5, 0.6) is 0 Å². The first-order valence-corrected chi connectivity index (χ1v) is 7.86. The van der Waals surface area contributed by atoms with E-state index >= 15 is 0 Å². The highest BCUT2D eigenvalue weighted by Crippen LogP contribution is 2.35. The highest BCUT2D eigenvalue weighted by atomic mass is 16.5. The molecule has 0 radical (unpaired) electrons. The monoisotopic (exact) mass is 315 g/mol. The predicted octanol–water partition coefficient (Wildman–Crippen LogP) is 2.32. The summed E-state index contributed by atoms with van der Waals surface area (Å²) in [5, 5.41) is 14.2. The predicted molar refractivity (Wildman–Crippen MR) is 84.9 cm³/mol. The number of hydrogen-bond acceptors (Lipinski definition) is 4. The SMILES string of the molecule is O=C(NC[C@@](O)(c1ccccc1)C1CCOCC1)c1ccoc1. The van der Waals surface area contributed by atoms with Crippen LogP contribution in [0, 0.1) is 5.92 Å². The van der Waals surface area contributed by atoms with Crippen LogP contribution in [0.4, 0.5) is 0 Å². The van der Waals surface area contributed by atoms with Crippen LogP contribution in [0.25, 0.3) is 0 Å². The molecule has 1 aliphatic heterocycles. The normalized spacial score (nSPS) is 18.3. The van der Waals surface area contributed by atoms with E-state index in [4.69, 9.17) is 9.15 Å². The summed E-state index contributed by atoms with van der Waals surface area (Å²) >= 11 is 0. The van der Waals surface area contributed by atoms with Crippen LogP contribution in [-0.4, -0.2) is 30.8 Å². The van der Waals surface area contributed by atoms with Crippen molar-refractivity contribution in [2.75, 3.05) is 19.8 Å². The Morgan fingerprint density at radius 2 is 1.96 bits per heavy atom. The lowest BCUT2D eigenvalue weighted by Gasteiger charge is -2.39. The number of rotatable bonds is 5. The van der Waals surface area contributed by atoms with Crippen LogP contribution in [0.1, 0.15) is 28.8 Å². The second kappa shape index (κ2) is 6.98. The molecule has 2 N–H and O–H groups in total. The van der Waals surface area contributed by atoms with E-state index in [1.165, 1.54) is 12.5 Å². The van der Waals surface area contributed by atoms with E-state index in [0.29, 0.717) is 18.8 Å². The topological polar surface area (TPSA) is 71.7 Å². The number of furan rings is 1. The fraction of sp³-hybridized carbons (Fsp3) is 0.389. The lowest BCUT2D eigenvalue weighted by molar-refractivity contribution is -0.0680. The van der Waals surface area contributed by atoms with E-state index in [9.17, 15) is 9.90 Å². The fourth-order valence-corrected chi connectivity index (χ4v) is 3.09. The fourth-order valence-electron chi connectivity index (χ4n) is 3.09.